The molecule has 0 bridgehead atoms. The molecule has 2 rings (SSSR count). The summed E-state index contributed by atoms with van der Waals surface area (Å²) in [4.78, 5) is 0. The van der Waals surface area contributed by atoms with Crippen molar-refractivity contribution in [2.24, 2.45) is 0 Å². The number of ether oxygens (including phenoxy) is 1. The van der Waals surface area contributed by atoms with E-state index >= 15 is 0 Å². The average molecular weight is 245 g/mol. The molecule has 0 atom stereocenters. The van der Waals surface area contributed by atoms with Crippen LogP contribution in [0.5, 0.6) is 0 Å². The minimum Gasteiger partial charge on any atom is -0.501 e. The summed E-state index contributed by atoms with van der Waals surface area (Å²) in [5, 5.41) is 0. The standard InChI is InChI=1S/C15H16FNO/c1-2-18-11-9-15-4-3-10-17(15)12-13-5-7-14(16)8-6-13/h3-11H,2,12H2,1H3. The molecule has 2 aromatic rings. The Labute approximate surface area is 106 Å². The zero-order chi connectivity index (χ0) is 12.8. The summed E-state index contributed by atoms with van der Waals surface area (Å²) in [7, 11) is 0. The molecule has 0 aliphatic heterocycles. The molecule has 1 heterocycles. The second-order valence-corrected chi connectivity index (χ2v) is 3.95. The molecule has 0 radical (unpaired) electrons. The first-order valence-corrected chi connectivity index (χ1v) is 5.97. The zero-order valence-corrected chi connectivity index (χ0v) is 10.3. The van der Waals surface area contributed by atoms with Crippen molar-refractivity contribution in [3.8, 4) is 0 Å². The van der Waals surface area contributed by atoms with E-state index in [2.05, 4.69) is 4.57 Å². The highest BCUT2D eigenvalue weighted by molar-refractivity contribution is 5.44. The zero-order valence-electron chi connectivity index (χ0n) is 10.3. The van der Waals surface area contributed by atoms with Crippen molar-refractivity contribution in [3.63, 3.8) is 0 Å². The molecule has 0 amide bonds. The van der Waals surface area contributed by atoms with E-state index in [9.17, 15) is 4.39 Å². The summed E-state index contributed by atoms with van der Waals surface area (Å²) >= 11 is 0. The minimum atomic E-state index is -0.206. The van der Waals surface area contributed by atoms with Gasteiger partial charge >= 0.3 is 0 Å². The van der Waals surface area contributed by atoms with Crippen LogP contribution in [0.3, 0.4) is 0 Å². The van der Waals surface area contributed by atoms with Crippen LogP contribution < -0.4 is 0 Å². The monoisotopic (exact) mass is 245 g/mol. The lowest BCUT2D eigenvalue weighted by Crippen LogP contribution is -2.00. The van der Waals surface area contributed by atoms with E-state index in [0.717, 1.165) is 17.8 Å². The van der Waals surface area contributed by atoms with Gasteiger partial charge in [-0.1, -0.05) is 12.1 Å². The van der Waals surface area contributed by atoms with Gasteiger partial charge < -0.3 is 9.30 Å². The number of benzene rings is 1. The van der Waals surface area contributed by atoms with Crippen LogP contribution in [0.1, 0.15) is 18.2 Å². The van der Waals surface area contributed by atoms with Gasteiger partial charge in [0, 0.05) is 18.4 Å². The Kier molecular flexibility index (Phi) is 4.18. The Balaban J connectivity index is 2.09. The molecule has 0 aliphatic rings. The first kappa shape index (κ1) is 12.4. The Bertz CT molecular complexity index is 514. The second-order valence-electron chi connectivity index (χ2n) is 3.95. The predicted octanol–water partition coefficient (Wildman–Crippen LogP) is 3.68. The van der Waals surface area contributed by atoms with Gasteiger partial charge in [-0.25, -0.2) is 4.39 Å². The summed E-state index contributed by atoms with van der Waals surface area (Å²) in [6.07, 6.45) is 5.61. The fourth-order valence-electron chi connectivity index (χ4n) is 1.72. The van der Waals surface area contributed by atoms with Gasteiger partial charge in [0.1, 0.15) is 5.82 Å². The smallest absolute Gasteiger partial charge is 0.123 e. The molecule has 0 aliphatic carbocycles. The Morgan fingerprint density at radius 1 is 1.22 bits per heavy atom. The van der Waals surface area contributed by atoms with Crippen LogP contribution in [0.25, 0.3) is 6.08 Å². The SMILES string of the molecule is CCOC=Cc1cccn1Cc1ccc(F)cc1. The number of hydrogen-bond donors (Lipinski definition) is 0. The molecule has 0 saturated carbocycles. The van der Waals surface area contributed by atoms with Gasteiger partial charge in [-0.2, -0.15) is 0 Å². The van der Waals surface area contributed by atoms with Gasteiger partial charge in [0.2, 0.25) is 0 Å². The molecule has 0 N–H and O–H groups in total. The number of halogens is 1. The maximum absolute atomic E-state index is 12.8. The van der Waals surface area contributed by atoms with Crippen molar-refractivity contribution >= 4 is 6.08 Å². The van der Waals surface area contributed by atoms with E-state index in [1.807, 2.05) is 31.3 Å². The number of aromatic nitrogens is 1. The van der Waals surface area contributed by atoms with Crippen LogP contribution in [0.2, 0.25) is 0 Å². The van der Waals surface area contributed by atoms with Gasteiger partial charge in [0.15, 0.2) is 0 Å². The molecule has 18 heavy (non-hydrogen) atoms. The molecule has 3 heteroatoms. The van der Waals surface area contributed by atoms with Gasteiger partial charge in [-0.05, 0) is 42.8 Å². The number of nitrogens with zero attached hydrogens (tertiary/aromatic N) is 1. The van der Waals surface area contributed by atoms with Crippen molar-refractivity contribution in [2.75, 3.05) is 6.61 Å². The summed E-state index contributed by atoms with van der Waals surface area (Å²) in [5.41, 5.74) is 2.13. The largest absolute Gasteiger partial charge is 0.501 e. The maximum Gasteiger partial charge on any atom is 0.123 e. The van der Waals surface area contributed by atoms with Crippen LogP contribution in [0.15, 0.2) is 48.9 Å². The van der Waals surface area contributed by atoms with Crippen molar-refractivity contribution in [3.05, 3.63) is 65.9 Å². The lowest BCUT2D eigenvalue weighted by atomic mass is 10.2. The Morgan fingerprint density at radius 2 is 2.00 bits per heavy atom. The summed E-state index contributed by atoms with van der Waals surface area (Å²) in [6, 6.07) is 10.5. The van der Waals surface area contributed by atoms with E-state index in [0.29, 0.717) is 6.61 Å². The molecule has 1 aromatic heterocycles. The average Bonchev–Trinajstić information content (AvgIpc) is 2.80. The van der Waals surface area contributed by atoms with E-state index < -0.39 is 0 Å². The van der Waals surface area contributed by atoms with E-state index in [1.54, 1.807) is 18.4 Å². The minimum absolute atomic E-state index is 0.206. The van der Waals surface area contributed by atoms with Crippen molar-refractivity contribution < 1.29 is 9.13 Å². The van der Waals surface area contributed by atoms with Crippen molar-refractivity contribution in [1.29, 1.82) is 0 Å². The van der Waals surface area contributed by atoms with E-state index in [1.165, 1.54) is 12.1 Å². The van der Waals surface area contributed by atoms with Crippen LogP contribution in [-0.2, 0) is 11.3 Å². The van der Waals surface area contributed by atoms with E-state index in [-0.39, 0.29) is 5.82 Å². The van der Waals surface area contributed by atoms with Gasteiger partial charge in [0.25, 0.3) is 0 Å². The summed E-state index contributed by atoms with van der Waals surface area (Å²) < 4.78 is 20.1. The third-order valence-electron chi connectivity index (χ3n) is 2.63. The summed E-state index contributed by atoms with van der Waals surface area (Å²) in [6.45, 7) is 3.33. The second kappa shape index (κ2) is 6.05. The maximum atomic E-state index is 12.8. The van der Waals surface area contributed by atoms with Crippen molar-refractivity contribution in [1.82, 2.24) is 4.57 Å². The molecule has 0 fully saturated rings. The van der Waals surface area contributed by atoms with Gasteiger partial charge in [-0.3, -0.25) is 0 Å². The molecular weight excluding hydrogens is 229 g/mol. The Hall–Kier alpha value is -2.03. The highest BCUT2D eigenvalue weighted by Crippen LogP contribution is 2.10. The molecule has 0 spiro atoms. The van der Waals surface area contributed by atoms with Crippen LogP contribution >= 0.6 is 0 Å². The van der Waals surface area contributed by atoms with Crippen molar-refractivity contribution in [2.45, 2.75) is 13.5 Å². The summed E-state index contributed by atoms with van der Waals surface area (Å²) in [5.74, 6) is -0.206. The molecule has 94 valence electrons. The molecule has 0 unspecified atom stereocenters. The highest BCUT2D eigenvalue weighted by atomic mass is 19.1. The van der Waals surface area contributed by atoms with Crippen LogP contribution in [0.4, 0.5) is 4.39 Å². The first-order valence-electron chi connectivity index (χ1n) is 5.97. The number of rotatable bonds is 5. The van der Waals surface area contributed by atoms with Crippen LogP contribution in [-0.4, -0.2) is 11.2 Å². The predicted molar refractivity (Wildman–Crippen MR) is 70.6 cm³/mol. The normalized spacial score (nSPS) is 11.0. The van der Waals surface area contributed by atoms with Gasteiger partial charge in [0.05, 0.1) is 12.9 Å². The molecule has 0 saturated heterocycles. The fourth-order valence-corrected chi connectivity index (χ4v) is 1.72. The third-order valence-corrected chi connectivity index (χ3v) is 2.63. The third kappa shape index (κ3) is 3.23. The molecule has 1 aromatic carbocycles. The highest BCUT2D eigenvalue weighted by Gasteiger charge is 1.99. The van der Waals surface area contributed by atoms with Crippen LogP contribution in [0, 0.1) is 5.82 Å². The molecular formula is C15H16FNO. The van der Waals surface area contributed by atoms with E-state index in [4.69, 9.17) is 4.74 Å². The van der Waals surface area contributed by atoms with Gasteiger partial charge in [-0.15, -0.1) is 0 Å². The first-order chi connectivity index (χ1) is 8.79. The fraction of sp³-hybridized carbons (Fsp3) is 0.200. The molecule has 2 nitrogen and oxygen atoms in total. The quantitative estimate of drug-likeness (QED) is 0.733. The number of hydrogen-bond acceptors (Lipinski definition) is 1. The Morgan fingerprint density at radius 3 is 2.72 bits per heavy atom. The topological polar surface area (TPSA) is 14.2 Å². The lowest BCUT2D eigenvalue weighted by Gasteiger charge is -2.06. The lowest BCUT2D eigenvalue weighted by molar-refractivity contribution is 0.272.